The summed E-state index contributed by atoms with van der Waals surface area (Å²) in [5.41, 5.74) is 18.3. The molecular formula is C39H39Br3. The molecule has 0 unspecified atom stereocenters. The van der Waals surface area contributed by atoms with Gasteiger partial charge in [-0.3, -0.25) is 0 Å². The van der Waals surface area contributed by atoms with E-state index in [1.807, 2.05) is 0 Å². The molecule has 0 amide bonds. The summed E-state index contributed by atoms with van der Waals surface area (Å²) in [6.45, 7) is 14.5. The fourth-order valence-electron chi connectivity index (χ4n) is 9.74. The van der Waals surface area contributed by atoms with E-state index in [1.54, 1.807) is 33.4 Å². The lowest BCUT2D eigenvalue weighted by Crippen LogP contribution is -2.29. The Bertz CT molecular complexity index is 1550. The second kappa shape index (κ2) is 9.91. The number of hydrogen-bond donors (Lipinski definition) is 0. The molecule has 0 saturated carbocycles. The number of rotatable bonds is 6. The minimum Gasteiger partial charge on any atom is -0.0642 e. The molecule has 0 heterocycles. The van der Waals surface area contributed by atoms with Gasteiger partial charge in [0.05, 0.1) is 0 Å². The predicted octanol–water partition coefficient (Wildman–Crippen LogP) is 13.2. The lowest BCUT2D eigenvalue weighted by atomic mass is 9.65. The largest absolute Gasteiger partial charge is 0.0642 e. The van der Waals surface area contributed by atoms with E-state index in [4.69, 9.17) is 0 Å². The highest BCUT2D eigenvalue weighted by Crippen LogP contribution is 2.70. The third-order valence-electron chi connectivity index (χ3n) is 11.9. The van der Waals surface area contributed by atoms with Crippen LogP contribution in [-0.2, 0) is 16.2 Å². The highest BCUT2D eigenvalue weighted by Gasteiger charge is 2.56. The van der Waals surface area contributed by atoms with E-state index in [-0.39, 0.29) is 16.2 Å². The molecule has 42 heavy (non-hydrogen) atoms. The van der Waals surface area contributed by atoms with Crippen molar-refractivity contribution in [3.8, 4) is 33.4 Å². The van der Waals surface area contributed by atoms with Crippen molar-refractivity contribution in [3.63, 3.8) is 0 Å². The zero-order valence-electron chi connectivity index (χ0n) is 25.6. The van der Waals surface area contributed by atoms with Crippen LogP contribution in [0.4, 0.5) is 0 Å². The van der Waals surface area contributed by atoms with E-state index in [2.05, 4.69) is 144 Å². The maximum Gasteiger partial charge on any atom is 0.0216 e. The third kappa shape index (κ3) is 3.29. The summed E-state index contributed by atoms with van der Waals surface area (Å²) in [6, 6.07) is 21.4. The van der Waals surface area contributed by atoms with Crippen LogP contribution < -0.4 is 0 Å². The highest BCUT2D eigenvalue weighted by atomic mass is 79.9. The average molecular weight is 747 g/mol. The van der Waals surface area contributed by atoms with Crippen LogP contribution in [-0.4, -0.2) is 0 Å². The molecule has 4 aromatic rings. The van der Waals surface area contributed by atoms with E-state index in [1.165, 1.54) is 46.8 Å². The Labute approximate surface area is 277 Å². The summed E-state index contributed by atoms with van der Waals surface area (Å²) in [5, 5.41) is 0. The van der Waals surface area contributed by atoms with E-state index in [0.29, 0.717) is 0 Å². The first-order chi connectivity index (χ1) is 20.2. The standard InChI is InChI=1S/C39H39Br3/c1-7-37(8-2)28-19-22(40)13-16-25(28)31-34(37)32-26-17-14-23(41)20-29(26)38(9-3,10-4)36(32)33-27-18-15-24(42)21-30(27)39(11-5,12-6)35(31)33/h13-21H,7-12H2,1-6H3. The molecule has 0 bridgehead atoms. The Morgan fingerprint density at radius 2 is 0.643 bits per heavy atom. The Morgan fingerprint density at radius 3 is 0.857 bits per heavy atom. The molecule has 7 rings (SSSR count). The number of halogens is 3. The zero-order valence-corrected chi connectivity index (χ0v) is 30.3. The van der Waals surface area contributed by atoms with Crippen molar-refractivity contribution >= 4 is 47.8 Å². The molecular weight excluding hydrogens is 708 g/mol. The van der Waals surface area contributed by atoms with Crippen molar-refractivity contribution in [2.75, 3.05) is 0 Å². The third-order valence-corrected chi connectivity index (χ3v) is 13.3. The maximum absolute atomic E-state index is 3.89. The molecule has 216 valence electrons. The summed E-state index contributed by atoms with van der Waals surface area (Å²) in [6.07, 6.45) is 6.54. The van der Waals surface area contributed by atoms with Gasteiger partial charge in [0.25, 0.3) is 0 Å². The number of fused-ring (bicyclic) bond motifs is 12. The topological polar surface area (TPSA) is 0 Å². The molecule has 0 aromatic heterocycles. The van der Waals surface area contributed by atoms with Crippen LogP contribution in [0.1, 0.15) is 113 Å². The molecule has 3 aliphatic carbocycles. The Morgan fingerprint density at radius 1 is 0.405 bits per heavy atom. The quantitative estimate of drug-likeness (QED) is 0.184. The van der Waals surface area contributed by atoms with Gasteiger partial charge >= 0.3 is 0 Å². The molecule has 0 N–H and O–H groups in total. The Hall–Kier alpha value is -1.68. The van der Waals surface area contributed by atoms with Crippen molar-refractivity contribution in [2.24, 2.45) is 0 Å². The monoisotopic (exact) mass is 744 g/mol. The van der Waals surface area contributed by atoms with E-state index < -0.39 is 0 Å². The molecule has 0 aliphatic heterocycles. The lowest BCUT2D eigenvalue weighted by molar-refractivity contribution is 0.473. The second-order valence-electron chi connectivity index (χ2n) is 12.7. The van der Waals surface area contributed by atoms with E-state index in [0.717, 1.165) is 38.5 Å². The summed E-state index contributed by atoms with van der Waals surface area (Å²) < 4.78 is 3.54. The van der Waals surface area contributed by atoms with E-state index >= 15 is 0 Å². The summed E-state index contributed by atoms with van der Waals surface area (Å²) >= 11 is 11.7. The summed E-state index contributed by atoms with van der Waals surface area (Å²) in [7, 11) is 0. The van der Waals surface area contributed by atoms with Gasteiger partial charge in [0.15, 0.2) is 0 Å². The molecule has 4 aromatic carbocycles. The van der Waals surface area contributed by atoms with Crippen LogP contribution in [0.3, 0.4) is 0 Å². The van der Waals surface area contributed by atoms with Gasteiger partial charge in [-0.1, -0.05) is 108 Å². The minimum atomic E-state index is -0.0297. The SMILES string of the molecule is CCC1(CC)c2cc(Br)ccc2-c2c1c1c(c3c2C(CC)(CC)c2cc(Br)ccc2-3)C(CC)(CC)c2cc(Br)ccc2-1. The molecule has 3 heteroatoms. The van der Waals surface area contributed by atoms with Gasteiger partial charge in [0.1, 0.15) is 0 Å². The van der Waals surface area contributed by atoms with Crippen LogP contribution in [0, 0.1) is 0 Å². The molecule has 3 aliphatic rings. The predicted molar refractivity (Wildman–Crippen MR) is 190 cm³/mol. The molecule has 0 atom stereocenters. The van der Waals surface area contributed by atoms with Gasteiger partial charge in [-0.05, 0) is 142 Å². The van der Waals surface area contributed by atoms with Gasteiger partial charge in [-0.15, -0.1) is 0 Å². The number of benzene rings is 4. The Balaban J connectivity index is 1.81. The first-order valence-electron chi connectivity index (χ1n) is 15.9. The van der Waals surface area contributed by atoms with Gasteiger partial charge < -0.3 is 0 Å². The minimum absolute atomic E-state index is 0.0297. The Kier molecular flexibility index (Phi) is 6.86. The van der Waals surface area contributed by atoms with Crippen LogP contribution >= 0.6 is 47.8 Å². The fourth-order valence-corrected chi connectivity index (χ4v) is 10.8. The van der Waals surface area contributed by atoms with Crippen LogP contribution in [0.5, 0.6) is 0 Å². The van der Waals surface area contributed by atoms with Crippen molar-refractivity contribution in [1.82, 2.24) is 0 Å². The normalized spacial score (nSPS) is 17.4. The smallest absolute Gasteiger partial charge is 0.0216 e. The average Bonchev–Trinajstić information content (AvgIpc) is 3.56. The number of hydrogen-bond acceptors (Lipinski definition) is 0. The van der Waals surface area contributed by atoms with Gasteiger partial charge in [-0.2, -0.15) is 0 Å². The van der Waals surface area contributed by atoms with E-state index in [9.17, 15) is 0 Å². The van der Waals surface area contributed by atoms with Crippen LogP contribution in [0.2, 0.25) is 0 Å². The van der Waals surface area contributed by atoms with Crippen molar-refractivity contribution in [3.05, 3.63) is 101 Å². The van der Waals surface area contributed by atoms with Crippen molar-refractivity contribution in [2.45, 2.75) is 96.3 Å². The second-order valence-corrected chi connectivity index (χ2v) is 15.4. The summed E-state index contributed by atoms with van der Waals surface area (Å²) in [5.74, 6) is 0. The molecule has 0 nitrogen and oxygen atoms in total. The fraction of sp³-hybridized carbons (Fsp3) is 0.385. The highest BCUT2D eigenvalue weighted by molar-refractivity contribution is 9.11. The molecule has 0 fully saturated rings. The molecule has 0 saturated heterocycles. The van der Waals surface area contributed by atoms with Crippen molar-refractivity contribution in [1.29, 1.82) is 0 Å². The van der Waals surface area contributed by atoms with Crippen molar-refractivity contribution < 1.29 is 0 Å². The summed E-state index contributed by atoms with van der Waals surface area (Å²) in [4.78, 5) is 0. The maximum atomic E-state index is 3.89. The molecule has 0 radical (unpaired) electrons. The zero-order chi connectivity index (χ0) is 29.8. The first-order valence-corrected chi connectivity index (χ1v) is 18.3. The lowest BCUT2D eigenvalue weighted by Gasteiger charge is -2.37. The van der Waals surface area contributed by atoms with Crippen LogP contribution in [0.25, 0.3) is 33.4 Å². The van der Waals surface area contributed by atoms with Crippen LogP contribution in [0.15, 0.2) is 68.0 Å². The van der Waals surface area contributed by atoms with Gasteiger partial charge in [0, 0.05) is 29.7 Å². The first kappa shape index (κ1) is 29.1. The van der Waals surface area contributed by atoms with Gasteiger partial charge in [-0.25, -0.2) is 0 Å². The molecule has 0 spiro atoms. The van der Waals surface area contributed by atoms with Gasteiger partial charge in [0.2, 0.25) is 0 Å².